The van der Waals surface area contributed by atoms with Gasteiger partial charge in [0.1, 0.15) is 0 Å². The van der Waals surface area contributed by atoms with E-state index >= 15 is 0 Å². The third-order valence-corrected chi connectivity index (χ3v) is 6.43. The lowest BCUT2D eigenvalue weighted by Crippen LogP contribution is -2.48. The number of benzene rings is 1. The second kappa shape index (κ2) is 8.18. The summed E-state index contributed by atoms with van der Waals surface area (Å²) >= 11 is 1.55. The molecule has 3 rings (SSSR count). The molecule has 0 bridgehead atoms. The first-order valence-corrected chi connectivity index (χ1v) is 10.3. The highest BCUT2D eigenvalue weighted by molar-refractivity contribution is 7.12. The first kappa shape index (κ1) is 18.2. The van der Waals surface area contributed by atoms with Crippen LogP contribution in [0.5, 0.6) is 0 Å². The van der Waals surface area contributed by atoms with Crippen LogP contribution in [0.2, 0.25) is 0 Å². The SMILES string of the molecule is CC(C)[C@H]1CC[C@@H](C)C[C@@H]1N(Cc1ccccc1)C(=O)c1cccs1. The van der Waals surface area contributed by atoms with Crippen molar-refractivity contribution in [1.29, 1.82) is 0 Å². The van der Waals surface area contributed by atoms with Gasteiger partial charge in [-0.25, -0.2) is 0 Å². The van der Waals surface area contributed by atoms with Gasteiger partial charge < -0.3 is 4.90 Å². The second-order valence-electron chi connectivity index (χ2n) is 7.79. The van der Waals surface area contributed by atoms with Gasteiger partial charge in [0, 0.05) is 12.6 Å². The predicted molar refractivity (Wildman–Crippen MR) is 106 cm³/mol. The van der Waals surface area contributed by atoms with Crippen LogP contribution in [0.25, 0.3) is 0 Å². The molecule has 1 aliphatic carbocycles. The molecule has 0 radical (unpaired) electrons. The van der Waals surface area contributed by atoms with Gasteiger partial charge >= 0.3 is 0 Å². The fourth-order valence-corrected chi connectivity index (χ4v) is 4.85. The number of rotatable bonds is 5. The van der Waals surface area contributed by atoms with Crippen molar-refractivity contribution in [1.82, 2.24) is 4.90 Å². The summed E-state index contributed by atoms with van der Waals surface area (Å²) in [5, 5.41) is 2.00. The summed E-state index contributed by atoms with van der Waals surface area (Å²) in [5.41, 5.74) is 1.22. The molecule has 3 atom stereocenters. The number of carbonyl (C=O) groups is 1. The molecule has 1 fully saturated rings. The van der Waals surface area contributed by atoms with E-state index in [1.54, 1.807) is 11.3 Å². The fraction of sp³-hybridized carbons (Fsp3) is 0.500. The van der Waals surface area contributed by atoms with E-state index in [1.807, 2.05) is 23.6 Å². The van der Waals surface area contributed by atoms with Gasteiger partial charge in [0.2, 0.25) is 0 Å². The number of carbonyl (C=O) groups excluding carboxylic acids is 1. The number of thiophene rings is 1. The van der Waals surface area contributed by atoms with Crippen molar-refractivity contribution < 1.29 is 4.79 Å². The molecule has 0 saturated heterocycles. The molecular formula is C22H29NOS. The highest BCUT2D eigenvalue weighted by atomic mass is 32.1. The van der Waals surface area contributed by atoms with E-state index in [1.165, 1.54) is 18.4 Å². The van der Waals surface area contributed by atoms with Crippen molar-refractivity contribution >= 4 is 17.2 Å². The zero-order chi connectivity index (χ0) is 17.8. The molecule has 1 saturated carbocycles. The normalized spacial score (nSPS) is 23.6. The molecular weight excluding hydrogens is 326 g/mol. The first-order chi connectivity index (χ1) is 12.1. The quantitative estimate of drug-likeness (QED) is 0.658. The number of amides is 1. The summed E-state index contributed by atoms with van der Waals surface area (Å²) in [6.45, 7) is 7.66. The fourth-order valence-electron chi connectivity index (χ4n) is 4.17. The van der Waals surface area contributed by atoms with Gasteiger partial charge in [-0.05, 0) is 47.6 Å². The van der Waals surface area contributed by atoms with Crippen LogP contribution in [0.15, 0.2) is 47.8 Å². The minimum atomic E-state index is 0.198. The minimum Gasteiger partial charge on any atom is -0.330 e. The topological polar surface area (TPSA) is 20.3 Å². The summed E-state index contributed by atoms with van der Waals surface area (Å²) in [5.74, 6) is 2.08. The lowest BCUT2D eigenvalue weighted by molar-refractivity contribution is 0.0371. The zero-order valence-corrected chi connectivity index (χ0v) is 16.3. The highest BCUT2D eigenvalue weighted by Crippen LogP contribution is 2.37. The highest BCUT2D eigenvalue weighted by Gasteiger charge is 2.37. The Hall–Kier alpha value is -1.61. The monoisotopic (exact) mass is 355 g/mol. The molecule has 2 nitrogen and oxygen atoms in total. The Kier molecular flexibility index (Phi) is 5.95. The lowest BCUT2D eigenvalue weighted by atomic mass is 9.73. The maximum atomic E-state index is 13.3. The average molecular weight is 356 g/mol. The van der Waals surface area contributed by atoms with E-state index in [4.69, 9.17) is 0 Å². The van der Waals surface area contributed by atoms with E-state index in [9.17, 15) is 4.79 Å². The smallest absolute Gasteiger partial charge is 0.264 e. The van der Waals surface area contributed by atoms with Gasteiger partial charge in [0.25, 0.3) is 5.91 Å². The van der Waals surface area contributed by atoms with Gasteiger partial charge in [-0.15, -0.1) is 11.3 Å². The molecule has 1 amide bonds. The first-order valence-electron chi connectivity index (χ1n) is 9.44. The Bertz CT molecular complexity index is 665. The summed E-state index contributed by atoms with van der Waals surface area (Å²) in [7, 11) is 0. The van der Waals surface area contributed by atoms with Crippen molar-refractivity contribution in [2.45, 2.75) is 52.6 Å². The van der Waals surface area contributed by atoms with Crippen LogP contribution in [-0.4, -0.2) is 16.8 Å². The van der Waals surface area contributed by atoms with Crippen molar-refractivity contribution in [2.75, 3.05) is 0 Å². The van der Waals surface area contributed by atoms with Gasteiger partial charge in [-0.3, -0.25) is 4.79 Å². The van der Waals surface area contributed by atoms with Crippen molar-refractivity contribution in [2.24, 2.45) is 17.8 Å². The number of nitrogens with zero attached hydrogens (tertiary/aromatic N) is 1. The summed E-state index contributed by atoms with van der Waals surface area (Å²) < 4.78 is 0. The van der Waals surface area contributed by atoms with E-state index in [0.717, 1.165) is 11.3 Å². The van der Waals surface area contributed by atoms with E-state index in [0.29, 0.717) is 30.3 Å². The van der Waals surface area contributed by atoms with Crippen LogP contribution in [0.4, 0.5) is 0 Å². The van der Waals surface area contributed by atoms with E-state index < -0.39 is 0 Å². The Labute approximate surface area is 155 Å². The second-order valence-corrected chi connectivity index (χ2v) is 8.74. The van der Waals surface area contributed by atoms with Crippen molar-refractivity contribution in [3.63, 3.8) is 0 Å². The standard InChI is InChI=1S/C22H29NOS/c1-16(2)19-12-11-17(3)14-20(19)23(15-18-8-5-4-6-9-18)22(24)21-10-7-13-25-21/h4-10,13,16-17,19-20H,11-12,14-15H2,1-3H3/t17-,19-,20+/m1/s1. The van der Waals surface area contributed by atoms with Gasteiger partial charge in [-0.1, -0.05) is 63.6 Å². The molecule has 0 spiro atoms. The largest absolute Gasteiger partial charge is 0.330 e. The molecule has 3 heteroatoms. The molecule has 1 aromatic carbocycles. The van der Waals surface area contributed by atoms with Crippen molar-refractivity contribution in [3.05, 3.63) is 58.3 Å². The van der Waals surface area contributed by atoms with Gasteiger partial charge in [-0.2, -0.15) is 0 Å². The molecule has 25 heavy (non-hydrogen) atoms. The van der Waals surface area contributed by atoms with Gasteiger partial charge in [0.05, 0.1) is 4.88 Å². The third-order valence-electron chi connectivity index (χ3n) is 5.58. The molecule has 1 heterocycles. The molecule has 2 aromatic rings. The van der Waals surface area contributed by atoms with E-state index in [-0.39, 0.29) is 5.91 Å². The van der Waals surface area contributed by atoms with Crippen LogP contribution in [0, 0.1) is 17.8 Å². The molecule has 0 N–H and O–H groups in total. The minimum absolute atomic E-state index is 0.198. The van der Waals surface area contributed by atoms with E-state index in [2.05, 4.69) is 49.9 Å². The van der Waals surface area contributed by atoms with Crippen molar-refractivity contribution in [3.8, 4) is 0 Å². The molecule has 0 unspecified atom stereocenters. The summed E-state index contributed by atoms with van der Waals surface area (Å²) in [6.07, 6.45) is 3.63. The van der Waals surface area contributed by atoms with Gasteiger partial charge in [0.15, 0.2) is 0 Å². The third kappa shape index (κ3) is 4.33. The Morgan fingerprint density at radius 2 is 1.92 bits per heavy atom. The zero-order valence-electron chi connectivity index (χ0n) is 15.5. The number of hydrogen-bond donors (Lipinski definition) is 0. The molecule has 1 aromatic heterocycles. The maximum Gasteiger partial charge on any atom is 0.264 e. The summed E-state index contributed by atoms with van der Waals surface area (Å²) in [6, 6.07) is 14.7. The summed E-state index contributed by atoms with van der Waals surface area (Å²) in [4.78, 5) is 16.3. The Balaban J connectivity index is 1.92. The predicted octanol–water partition coefficient (Wildman–Crippen LogP) is 5.85. The Morgan fingerprint density at radius 3 is 2.56 bits per heavy atom. The van der Waals surface area contributed by atoms with Crippen LogP contribution >= 0.6 is 11.3 Å². The molecule has 134 valence electrons. The number of hydrogen-bond acceptors (Lipinski definition) is 2. The maximum absolute atomic E-state index is 13.3. The molecule has 0 aliphatic heterocycles. The van der Waals surface area contributed by atoms with Crippen LogP contribution in [0.1, 0.15) is 55.3 Å². The average Bonchev–Trinajstić information content (AvgIpc) is 3.14. The lowest BCUT2D eigenvalue weighted by Gasteiger charge is -2.44. The van der Waals surface area contributed by atoms with Crippen LogP contribution < -0.4 is 0 Å². The Morgan fingerprint density at radius 1 is 1.16 bits per heavy atom. The molecule has 1 aliphatic rings. The van der Waals surface area contributed by atoms with Crippen LogP contribution in [0.3, 0.4) is 0 Å². The van der Waals surface area contributed by atoms with Crippen LogP contribution in [-0.2, 0) is 6.54 Å².